The molecular formula is C20H32N2O2. The number of ether oxygens (including phenoxy) is 1. The van der Waals surface area contributed by atoms with E-state index in [-0.39, 0.29) is 5.92 Å². The predicted octanol–water partition coefficient (Wildman–Crippen LogP) is 2.69. The maximum absolute atomic E-state index is 12.6. The minimum atomic E-state index is 0.232. The van der Waals surface area contributed by atoms with Crippen molar-refractivity contribution in [3.63, 3.8) is 0 Å². The van der Waals surface area contributed by atoms with Gasteiger partial charge in [-0.15, -0.1) is 0 Å². The molecule has 0 aromatic rings. The largest absolute Gasteiger partial charge is 0.383 e. The molecule has 0 aromatic carbocycles. The van der Waals surface area contributed by atoms with E-state index in [0.29, 0.717) is 17.4 Å². The Kier molecular flexibility index (Phi) is 4.70. The minimum absolute atomic E-state index is 0.232. The summed E-state index contributed by atoms with van der Waals surface area (Å²) in [6.07, 6.45) is 12.7. The fourth-order valence-electron chi connectivity index (χ4n) is 5.10. The molecule has 1 saturated carbocycles. The molecule has 0 N–H and O–H groups in total. The minimum Gasteiger partial charge on any atom is -0.383 e. The summed E-state index contributed by atoms with van der Waals surface area (Å²) >= 11 is 0. The average molecular weight is 332 g/mol. The second kappa shape index (κ2) is 6.80. The number of piperidine rings is 1. The van der Waals surface area contributed by atoms with Crippen LogP contribution >= 0.6 is 0 Å². The van der Waals surface area contributed by atoms with Crippen LogP contribution in [0.1, 0.15) is 44.9 Å². The van der Waals surface area contributed by atoms with Crippen molar-refractivity contribution >= 4 is 5.91 Å². The van der Waals surface area contributed by atoms with Crippen molar-refractivity contribution in [2.45, 2.75) is 51.0 Å². The Morgan fingerprint density at radius 1 is 1.21 bits per heavy atom. The average Bonchev–Trinajstić information content (AvgIpc) is 3.11. The number of hydrogen-bond acceptors (Lipinski definition) is 3. The van der Waals surface area contributed by atoms with Gasteiger partial charge in [0.05, 0.1) is 6.61 Å². The van der Waals surface area contributed by atoms with E-state index in [1.807, 2.05) is 7.11 Å². The van der Waals surface area contributed by atoms with Gasteiger partial charge in [0, 0.05) is 45.2 Å². The summed E-state index contributed by atoms with van der Waals surface area (Å²) in [5, 5.41) is 0. The summed E-state index contributed by atoms with van der Waals surface area (Å²) in [5.74, 6) is 1.57. The lowest BCUT2D eigenvalue weighted by molar-refractivity contribution is -0.137. The summed E-state index contributed by atoms with van der Waals surface area (Å²) in [5.41, 5.74) is 0.433. The standard InChI is InChI=1S/C20H32N2O2/c1-24-14-18-12-20(15-22(18)13-16-6-7-16)8-10-21(11-9-20)19(23)17-4-2-3-5-17/h2-3,16-18H,4-15H2,1H3/t18-/m0/s1. The van der Waals surface area contributed by atoms with Gasteiger partial charge in [0.2, 0.25) is 5.91 Å². The van der Waals surface area contributed by atoms with E-state index in [4.69, 9.17) is 4.74 Å². The number of amides is 1. The Labute approximate surface area is 146 Å². The summed E-state index contributed by atoms with van der Waals surface area (Å²) in [6.45, 7) is 5.29. The fraction of sp³-hybridized carbons (Fsp3) is 0.850. The Hall–Kier alpha value is -0.870. The number of methoxy groups -OCH3 is 1. The highest BCUT2D eigenvalue weighted by Gasteiger charge is 2.47. The van der Waals surface area contributed by atoms with Gasteiger partial charge < -0.3 is 9.64 Å². The lowest BCUT2D eigenvalue weighted by atomic mass is 9.76. The van der Waals surface area contributed by atoms with E-state index in [1.165, 1.54) is 45.2 Å². The van der Waals surface area contributed by atoms with E-state index in [9.17, 15) is 4.79 Å². The summed E-state index contributed by atoms with van der Waals surface area (Å²) in [7, 11) is 1.83. The predicted molar refractivity (Wildman–Crippen MR) is 94.7 cm³/mol. The van der Waals surface area contributed by atoms with E-state index in [2.05, 4.69) is 22.0 Å². The van der Waals surface area contributed by atoms with Crippen LogP contribution in [0.2, 0.25) is 0 Å². The van der Waals surface area contributed by atoms with Crippen LogP contribution in [0.4, 0.5) is 0 Å². The Morgan fingerprint density at radius 2 is 1.92 bits per heavy atom. The van der Waals surface area contributed by atoms with Crippen LogP contribution < -0.4 is 0 Å². The van der Waals surface area contributed by atoms with Gasteiger partial charge in [-0.05, 0) is 56.3 Å². The maximum Gasteiger partial charge on any atom is 0.226 e. The molecule has 0 aromatic heterocycles. The van der Waals surface area contributed by atoms with E-state index in [1.54, 1.807) is 0 Å². The molecule has 2 heterocycles. The molecule has 2 aliphatic carbocycles. The van der Waals surface area contributed by atoms with Gasteiger partial charge >= 0.3 is 0 Å². The van der Waals surface area contributed by atoms with Crippen LogP contribution in [0.15, 0.2) is 12.2 Å². The Bertz CT molecular complexity index is 484. The Morgan fingerprint density at radius 3 is 2.54 bits per heavy atom. The first kappa shape index (κ1) is 16.6. The second-order valence-corrected chi connectivity index (χ2v) is 8.65. The van der Waals surface area contributed by atoms with Gasteiger partial charge in [0.1, 0.15) is 0 Å². The zero-order valence-corrected chi connectivity index (χ0v) is 15.1. The summed E-state index contributed by atoms with van der Waals surface area (Å²) in [6, 6.07) is 0.594. The van der Waals surface area contributed by atoms with Crippen LogP contribution in [-0.4, -0.2) is 61.6 Å². The molecule has 1 atom stereocenters. The zero-order valence-electron chi connectivity index (χ0n) is 15.1. The molecule has 0 bridgehead atoms. The van der Waals surface area contributed by atoms with Gasteiger partial charge in [-0.1, -0.05) is 12.2 Å². The molecule has 4 nitrogen and oxygen atoms in total. The number of hydrogen-bond donors (Lipinski definition) is 0. The fourth-order valence-corrected chi connectivity index (χ4v) is 5.10. The number of rotatable bonds is 5. The molecule has 1 spiro atoms. The first-order valence-electron chi connectivity index (χ1n) is 9.86. The molecule has 2 aliphatic heterocycles. The molecular weight excluding hydrogens is 300 g/mol. The lowest BCUT2D eigenvalue weighted by Gasteiger charge is -2.40. The monoisotopic (exact) mass is 332 g/mol. The molecule has 4 aliphatic rings. The number of carbonyl (C=O) groups excluding carboxylic acids is 1. The molecule has 3 fully saturated rings. The van der Waals surface area contributed by atoms with Crippen molar-refractivity contribution < 1.29 is 9.53 Å². The van der Waals surface area contributed by atoms with Crippen LogP contribution in [0.25, 0.3) is 0 Å². The molecule has 2 saturated heterocycles. The van der Waals surface area contributed by atoms with E-state index >= 15 is 0 Å². The van der Waals surface area contributed by atoms with E-state index in [0.717, 1.165) is 38.5 Å². The van der Waals surface area contributed by atoms with E-state index < -0.39 is 0 Å². The van der Waals surface area contributed by atoms with Crippen molar-refractivity contribution in [2.24, 2.45) is 17.3 Å². The third-order valence-corrected chi connectivity index (χ3v) is 6.77. The summed E-state index contributed by atoms with van der Waals surface area (Å²) < 4.78 is 5.51. The maximum atomic E-state index is 12.6. The van der Waals surface area contributed by atoms with Crippen molar-refractivity contribution in [3.05, 3.63) is 12.2 Å². The molecule has 0 unspecified atom stereocenters. The number of allylic oxidation sites excluding steroid dienone is 2. The van der Waals surface area contributed by atoms with Crippen LogP contribution in [0.3, 0.4) is 0 Å². The molecule has 24 heavy (non-hydrogen) atoms. The highest BCUT2D eigenvalue weighted by atomic mass is 16.5. The van der Waals surface area contributed by atoms with Gasteiger partial charge in [-0.25, -0.2) is 0 Å². The van der Waals surface area contributed by atoms with Crippen molar-refractivity contribution in [2.75, 3.05) is 39.9 Å². The van der Waals surface area contributed by atoms with Crippen molar-refractivity contribution in [3.8, 4) is 0 Å². The van der Waals surface area contributed by atoms with Crippen molar-refractivity contribution in [1.82, 2.24) is 9.80 Å². The van der Waals surface area contributed by atoms with Crippen LogP contribution in [-0.2, 0) is 9.53 Å². The Balaban J connectivity index is 1.34. The normalized spacial score (nSPS) is 30.5. The third-order valence-electron chi connectivity index (χ3n) is 6.77. The highest BCUT2D eigenvalue weighted by Crippen LogP contribution is 2.45. The topological polar surface area (TPSA) is 32.8 Å². The third kappa shape index (κ3) is 3.41. The van der Waals surface area contributed by atoms with Crippen LogP contribution in [0, 0.1) is 17.3 Å². The van der Waals surface area contributed by atoms with Gasteiger partial charge in [0.15, 0.2) is 0 Å². The zero-order chi connectivity index (χ0) is 16.6. The number of nitrogens with zero attached hydrogens (tertiary/aromatic N) is 2. The van der Waals surface area contributed by atoms with Gasteiger partial charge in [-0.3, -0.25) is 9.69 Å². The quantitative estimate of drug-likeness (QED) is 0.726. The highest BCUT2D eigenvalue weighted by molar-refractivity contribution is 5.79. The number of carbonyl (C=O) groups is 1. The molecule has 4 heteroatoms. The number of likely N-dealkylation sites (tertiary alicyclic amines) is 2. The molecule has 4 rings (SSSR count). The lowest BCUT2D eigenvalue weighted by Crippen LogP contribution is -2.46. The van der Waals surface area contributed by atoms with Gasteiger partial charge in [-0.2, -0.15) is 0 Å². The summed E-state index contributed by atoms with van der Waals surface area (Å²) in [4.78, 5) is 17.5. The molecule has 0 radical (unpaired) electrons. The van der Waals surface area contributed by atoms with Crippen molar-refractivity contribution in [1.29, 1.82) is 0 Å². The first-order chi connectivity index (χ1) is 11.7. The SMILES string of the molecule is COC[C@@H]1CC2(CCN(C(=O)C3CC=CC3)CC2)CN1CC1CC1. The van der Waals surface area contributed by atoms with Gasteiger partial charge in [0.25, 0.3) is 0 Å². The smallest absolute Gasteiger partial charge is 0.226 e. The molecule has 134 valence electrons. The first-order valence-corrected chi connectivity index (χ1v) is 9.86. The second-order valence-electron chi connectivity index (χ2n) is 8.65. The molecule has 1 amide bonds. The van der Waals surface area contributed by atoms with Crippen LogP contribution in [0.5, 0.6) is 0 Å².